The molecule has 0 aromatic carbocycles. The van der Waals surface area contributed by atoms with Gasteiger partial charge in [-0.2, -0.15) is 0 Å². The summed E-state index contributed by atoms with van der Waals surface area (Å²) in [5.41, 5.74) is 0.583. The highest BCUT2D eigenvalue weighted by Gasteiger charge is 2.40. The van der Waals surface area contributed by atoms with Crippen molar-refractivity contribution >= 4 is 0 Å². The van der Waals surface area contributed by atoms with Crippen molar-refractivity contribution < 1.29 is 0 Å². The molecule has 0 amide bonds. The van der Waals surface area contributed by atoms with Gasteiger partial charge in [0.1, 0.15) is 0 Å². The molecule has 0 aromatic heterocycles. The molecule has 0 spiro atoms. The van der Waals surface area contributed by atoms with E-state index in [0.717, 1.165) is 5.92 Å². The average molecular weight is 211 g/mol. The van der Waals surface area contributed by atoms with Gasteiger partial charge in [-0.1, -0.05) is 47.0 Å². The molecule has 1 N–H and O–H groups in total. The molecule has 1 aliphatic rings. The Morgan fingerprint density at radius 1 is 1.27 bits per heavy atom. The predicted molar refractivity (Wildman–Crippen MR) is 68.1 cm³/mol. The summed E-state index contributed by atoms with van der Waals surface area (Å²) in [6, 6.07) is 0.634. The summed E-state index contributed by atoms with van der Waals surface area (Å²) in [5, 5.41) is 3.63. The molecule has 1 atom stereocenters. The molecule has 1 heteroatoms. The van der Waals surface area contributed by atoms with Crippen LogP contribution in [0.1, 0.15) is 66.2 Å². The van der Waals surface area contributed by atoms with E-state index < -0.39 is 0 Å². The zero-order chi connectivity index (χ0) is 11.3. The first kappa shape index (κ1) is 13.0. The lowest BCUT2D eigenvalue weighted by Gasteiger charge is -2.31. The van der Waals surface area contributed by atoms with Gasteiger partial charge in [0, 0.05) is 12.6 Å². The maximum atomic E-state index is 3.63. The molecule has 0 radical (unpaired) electrons. The molecule has 1 saturated carbocycles. The fraction of sp³-hybridized carbons (Fsp3) is 1.00. The van der Waals surface area contributed by atoms with E-state index in [9.17, 15) is 0 Å². The highest BCUT2D eigenvalue weighted by Crippen LogP contribution is 2.48. The fourth-order valence-corrected chi connectivity index (χ4v) is 2.43. The maximum absolute atomic E-state index is 3.63. The molecule has 1 fully saturated rings. The van der Waals surface area contributed by atoms with Gasteiger partial charge in [-0.25, -0.2) is 0 Å². The SMILES string of the molecule is CCCCCC(C)(CNC(C)C)C1CC1. The maximum Gasteiger partial charge on any atom is 0.00106 e. The van der Waals surface area contributed by atoms with Gasteiger partial charge in [0.25, 0.3) is 0 Å². The van der Waals surface area contributed by atoms with Crippen molar-refractivity contribution in [1.29, 1.82) is 0 Å². The van der Waals surface area contributed by atoms with E-state index in [1.54, 1.807) is 0 Å². The van der Waals surface area contributed by atoms with Crippen LogP contribution in [0.2, 0.25) is 0 Å². The normalized spacial score (nSPS) is 20.6. The van der Waals surface area contributed by atoms with E-state index in [-0.39, 0.29) is 0 Å². The number of hydrogen-bond donors (Lipinski definition) is 1. The minimum atomic E-state index is 0.583. The van der Waals surface area contributed by atoms with Crippen LogP contribution in [0.25, 0.3) is 0 Å². The largest absolute Gasteiger partial charge is 0.314 e. The lowest BCUT2D eigenvalue weighted by molar-refractivity contribution is 0.222. The predicted octanol–water partition coefficient (Wildman–Crippen LogP) is 3.98. The Balaban J connectivity index is 2.32. The summed E-state index contributed by atoms with van der Waals surface area (Å²) < 4.78 is 0. The Labute approximate surface area is 96.0 Å². The van der Waals surface area contributed by atoms with Gasteiger partial charge in [-0.15, -0.1) is 0 Å². The Kier molecular flexibility index (Phi) is 5.11. The molecule has 0 saturated heterocycles. The molecule has 0 heterocycles. The second kappa shape index (κ2) is 5.89. The van der Waals surface area contributed by atoms with Gasteiger partial charge >= 0.3 is 0 Å². The second-order valence-corrected chi connectivity index (χ2v) is 5.92. The standard InChI is InChI=1S/C14H29N/c1-5-6-7-10-14(4,13-8-9-13)11-15-12(2)3/h12-13,15H,5-11H2,1-4H3. The molecule has 90 valence electrons. The van der Waals surface area contributed by atoms with Gasteiger partial charge in [0.15, 0.2) is 0 Å². The number of hydrogen-bond acceptors (Lipinski definition) is 1. The molecule has 1 nitrogen and oxygen atoms in total. The third kappa shape index (κ3) is 4.55. The number of rotatable bonds is 8. The number of nitrogens with one attached hydrogen (secondary N) is 1. The fourth-order valence-electron chi connectivity index (χ4n) is 2.43. The summed E-state index contributed by atoms with van der Waals surface area (Å²) in [6.45, 7) is 10.5. The lowest BCUT2D eigenvalue weighted by atomic mass is 9.79. The highest BCUT2D eigenvalue weighted by molar-refractivity contribution is 4.92. The van der Waals surface area contributed by atoms with Gasteiger partial charge < -0.3 is 5.32 Å². The van der Waals surface area contributed by atoms with Crippen LogP contribution in [0.4, 0.5) is 0 Å². The Bertz CT molecular complexity index is 172. The van der Waals surface area contributed by atoms with Gasteiger partial charge in [0.2, 0.25) is 0 Å². The van der Waals surface area contributed by atoms with Gasteiger partial charge in [-0.05, 0) is 30.6 Å². The van der Waals surface area contributed by atoms with Crippen molar-refractivity contribution in [3.63, 3.8) is 0 Å². The van der Waals surface area contributed by atoms with Crippen LogP contribution in [0, 0.1) is 11.3 Å². The van der Waals surface area contributed by atoms with E-state index in [1.165, 1.54) is 45.1 Å². The van der Waals surface area contributed by atoms with Crippen molar-refractivity contribution in [2.75, 3.05) is 6.54 Å². The number of unbranched alkanes of at least 4 members (excludes halogenated alkanes) is 2. The smallest absolute Gasteiger partial charge is 0.00106 e. The minimum Gasteiger partial charge on any atom is -0.314 e. The molecule has 0 bridgehead atoms. The van der Waals surface area contributed by atoms with Crippen molar-refractivity contribution in [2.24, 2.45) is 11.3 Å². The zero-order valence-corrected chi connectivity index (χ0v) is 11.1. The molecular weight excluding hydrogens is 182 g/mol. The molecule has 0 aromatic rings. The van der Waals surface area contributed by atoms with Gasteiger partial charge in [-0.3, -0.25) is 0 Å². The monoisotopic (exact) mass is 211 g/mol. The first-order valence-corrected chi connectivity index (χ1v) is 6.82. The lowest BCUT2D eigenvalue weighted by Crippen LogP contribution is -2.37. The quantitative estimate of drug-likeness (QED) is 0.599. The van der Waals surface area contributed by atoms with E-state index in [2.05, 4.69) is 33.0 Å². The average Bonchev–Trinajstić information content (AvgIpc) is 2.98. The molecule has 15 heavy (non-hydrogen) atoms. The molecule has 0 aliphatic heterocycles. The van der Waals surface area contributed by atoms with E-state index in [0.29, 0.717) is 11.5 Å². The topological polar surface area (TPSA) is 12.0 Å². The first-order valence-electron chi connectivity index (χ1n) is 6.82. The Morgan fingerprint density at radius 2 is 1.93 bits per heavy atom. The Morgan fingerprint density at radius 3 is 2.40 bits per heavy atom. The van der Waals surface area contributed by atoms with Crippen LogP contribution >= 0.6 is 0 Å². The van der Waals surface area contributed by atoms with Crippen LogP contribution < -0.4 is 5.32 Å². The summed E-state index contributed by atoms with van der Waals surface area (Å²) >= 11 is 0. The van der Waals surface area contributed by atoms with Crippen LogP contribution in [0.5, 0.6) is 0 Å². The summed E-state index contributed by atoms with van der Waals surface area (Å²) in [6.07, 6.45) is 8.54. The molecule has 1 rings (SSSR count). The second-order valence-electron chi connectivity index (χ2n) is 5.92. The van der Waals surface area contributed by atoms with E-state index in [1.807, 2.05) is 0 Å². The van der Waals surface area contributed by atoms with E-state index in [4.69, 9.17) is 0 Å². The van der Waals surface area contributed by atoms with Crippen LogP contribution in [0.15, 0.2) is 0 Å². The summed E-state index contributed by atoms with van der Waals surface area (Å²) in [4.78, 5) is 0. The van der Waals surface area contributed by atoms with Gasteiger partial charge in [0.05, 0.1) is 0 Å². The van der Waals surface area contributed by atoms with Crippen LogP contribution in [0.3, 0.4) is 0 Å². The van der Waals surface area contributed by atoms with Crippen molar-refractivity contribution in [3.05, 3.63) is 0 Å². The van der Waals surface area contributed by atoms with Crippen molar-refractivity contribution in [1.82, 2.24) is 5.32 Å². The molecule has 1 aliphatic carbocycles. The van der Waals surface area contributed by atoms with Crippen molar-refractivity contribution in [3.8, 4) is 0 Å². The van der Waals surface area contributed by atoms with E-state index >= 15 is 0 Å². The first-order chi connectivity index (χ1) is 7.08. The third-order valence-electron chi connectivity index (χ3n) is 3.83. The minimum absolute atomic E-state index is 0.583. The summed E-state index contributed by atoms with van der Waals surface area (Å²) in [7, 11) is 0. The highest BCUT2D eigenvalue weighted by atomic mass is 14.9. The summed E-state index contributed by atoms with van der Waals surface area (Å²) in [5.74, 6) is 1.01. The molecular formula is C14H29N. The Hall–Kier alpha value is -0.0400. The third-order valence-corrected chi connectivity index (χ3v) is 3.83. The van der Waals surface area contributed by atoms with Crippen LogP contribution in [-0.2, 0) is 0 Å². The van der Waals surface area contributed by atoms with Crippen LogP contribution in [-0.4, -0.2) is 12.6 Å². The molecule has 1 unspecified atom stereocenters. The van der Waals surface area contributed by atoms with Crippen molar-refractivity contribution in [2.45, 2.75) is 72.3 Å². The zero-order valence-electron chi connectivity index (χ0n) is 11.1.